The van der Waals surface area contributed by atoms with Crippen molar-refractivity contribution in [2.75, 3.05) is 11.6 Å². The van der Waals surface area contributed by atoms with Crippen LogP contribution in [0.5, 0.6) is 0 Å². The molecule has 140 valence electrons. The molecule has 0 aliphatic heterocycles. The number of carbonyl (C=O) groups is 1. The Bertz CT molecular complexity index is 1110. The number of aryl methyl sites for hydroxylation is 2. The number of carbonyl (C=O) groups excluding carboxylic acids is 1. The van der Waals surface area contributed by atoms with Gasteiger partial charge in [0.15, 0.2) is 15.7 Å². The van der Waals surface area contributed by atoms with Gasteiger partial charge in [-0.1, -0.05) is 18.2 Å². The van der Waals surface area contributed by atoms with Crippen LogP contribution in [0, 0.1) is 13.8 Å². The quantitative estimate of drug-likeness (QED) is 0.721. The second kappa shape index (κ2) is 7.28. The van der Waals surface area contributed by atoms with Gasteiger partial charge in [-0.15, -0.1) is 5.10 Å². The third-order valence-corrected chi connectivity index (χ3v) is 4.80. The van der Waals surface area contributed by atoms with Crippen LogP contribution in [0.2, 0.25) is 0 Å². The first-order valence-corrected chi connectivity index (χ1v) is 10.2. The second-order valence-electron chi connectivity index (χ2n) is 6.36. The zero-order valence-corrected chi connectivity index (χ0v) is 16.0. The predicted molar refractivity (Wildman–Crippen MR) is 102 cm³/mol. The van der Waals surface area contributed by atoms with Crippen LogP contribution in [0.4, 0.5) is 5.69 Å². The lowest BCUT2D eigenvalue weighted by atomic mass is 10.1. The van der Waals surface area contributed by atoms with Crippen LogP contribution >= 0.6 is 0 Å². The Balaban J connectivity index is 1.85. The van der Waals surface area contributed by atoms with Gasteiger partial charge >= 0.3 is 0 Å². The van der Waals surface area contributed by atoms with Crippen molar-refractivity contribution < 1.29 is 13.2 Å². The molecule has 27 heavy (non-hydrogen) atoms. The molecule has 3 aromatic rings. The largest absolute Gasteiger partial charge is 0.322 e. The Morgan fingerprint density at radius 3 is 2.59 bits per heavy atom. The Kier molecular flexibility index (Phi) is 5.04. The van der Waals surface area contributed by atoms with Crippen LogP contribution < -0.4 is 5.32 Å². The van der Waals surface area contributed by atoms with Crippen molar-refractivity contribution in [3.05, 3.63) is 65.0 Å². The Hall–Kier alpha value is -3.07. The minimum Gasteiger partial charge on any atom is -0.322 e. The van der Waals surface area contributed by atoms with E-state index in [1.807, 2.05) is 13.0 Å². The van der Waals surface area contributed by atoms with E-state index in [0.29, 0.717) is 22.6 Å². The molecule has 1 aromatic heterocycles. The van der Waals surface area contributed by atoms with E-state index in [1.165, 1.54) is 0 Å². The molecule has 0 unspecified atom stereocenters. The number of aromatic nitrogens is 4. The molecule has 0 fully saturated rings. The van der Waals surface area contributed by atoms with Crippen LogP contribution in [0.1, 0.15) is 27.3 Å². The number of sulfone groups is 1. The van der Waals surface area contributed by atoms with E-state index in [1.54, 1.807) is 48.0 Å². The number of hydrogen-bond donors (Lipinski definition) is 1. The number of amides is 1. The van der Waals surface area contributed by atoms with Gasteiger partial charge in [-0.25, -0.2) is 8.42 Å². The standard InChI is InChI=1S/C18H19N5O3S/c1-12-7-8-16(10-17(12)23-13(2)20-21-22-23)19-18(24)15-6-4-5-14(9-15)11-27(3,25)26/h4-10H,11H2,1-3H3,(H,19,24). The molecule has 2 aromatic carbocycles. The molecule has 1 amide bonds. The van der Waals surface area contributed by atoms with E-state index in [-0.39, 0.29) is 11.7 Å². The van der Waals surface area contributed by atoms with Crippen LogP contribution in [0.3, 0.4) is 0 Å². The first-order valence-electron chi connectivity index (χ1n) is 8.17. The number of benzene rings is 2. The topological polar surface area (TPSA) is 107 Å². The molecule has 0 aliphatic rings. The van der Waals surface area contributed by atoms with Crippen molar-refractivity contribution in [2.45, 2.75) is 19.6 Å². The Morgan fingerprint density at radius 1 is 1.15 bits per heavy atom. The lowest BCUT2D eigenvalue weighted by molar-refractivity contribution is 0.102. The number of rotatable bonds is 5. The summed E-state index contributed by atoms with van der Waals surface area (Å²) >= 11 is 0. The summed E-state index contributed by atoms with van der Waals surface area (Å²) in [4.78, 5) is 12.6. The fourth-order valence-corrected chi connectivity index (χ4v) is 3.46. The highest BCUT2D eigenvalue weighted by atomic mass is 32.2. The molecule has 0 bridgehead atoms. The van der Waals surface area contributed by atoms with Crippen LogP contribution in [-0.4, -0.2) is 40.8 Å². The molecule has 1 N–H and O–H groups in total. The minimum atomic E-state index is -3.17. The highest BCUT2D eigenvalue weighted by Gasteiger charge is 2.12. The SMILES string of the molecule is Cc1ccc(NC(=O)c2cccc(CS(C)(=O)=O)c2)cc1-n1nnnc1C. The molecule has 9 heteroatoms. The summed E-state index contributed by atoms with van der Waals surface area (Å²) in [7, 11) is -3.17. The van der Waals surface area contributed by atoms with Gasteiger partial charge in [-0.2, -0.15) is 4.68 Å². The van der Waals surface area contributed by atoms with Gasteiger partial charge in [0.05, 0.1) is 11.4 Å². The maximum absolute atomic E-state index is 12.6. The summed E-state index contributed by atoms with van der Waals surface area (Å²) in [5, 5.41) is 14.3. The van der Waals surface area contributed by atoms with Crippen molar-refractivity contribution in [1.29, 1.82) is 0 Å². The zero-order chi connectivity index (χ0) is 19.6. The fourth-order valence-electron chi connectivity index (χ4n) is 2.68. The monoisotopic (exact) mass is 385 g/mol. The second-order valence-corrected chi connectivity index (χ2v) is 8.50. The molecule has 0 saturated heterocycles. The number of tetrazole rings is 1. The van der Waals surface area contributed by atoms with Gasteiger partial charge in [0.25, 0.3) is 5.91 Å². The molecular formula is C18H19N5O3S. The van der Waals surface area contributed by atoms with E-state index in [4.69, 9.17) is 0 Å². The normalized spacial score (nSPS) is 11.4. The summed E-state index contributed by atoms with van der Waals surface area (Å²) in [6, 6.07) is 12.0. The average molecular weight is 385 g/mol. The van der Waals surface area contributed by atoms with Gasteiger partial charge in [-0.05, 0) is 59.7 Å². The fraction of sp³-hybridized carbons (Fsp3) is 0.222. The molecule has 3 rings (SSSR count). The highest BCUT2D eigenvalue weighted by molar-refractivity contribution is 7.89. The average Bonchev–Trinajstić information content (AvgIpc) is 3.01. The number of nitrogens with zero attached hydrogens (tertiary/aromatic N) is 4. The smallest absolute Gasteiger partial charge is 0.255 e. The number of anilines is 1. The van der Waals surface area contributed by atoms with Crippen molar-refractivity contribution in [3.63, 3.8) is 0 Å². The summed E-state index contributed by atoms with van der Waals surface area (Å²) in [5.41, 5.74) is 3.26. The number of nitrogens with one attached hydrogen (secondary N) is 1. The lowest BCUT2D eigenvalue weighted by Gasteiger charge is -2.11. The molecule has 0 aliphatic carbocycles. The van der Waals surface area contributed by atoms with E-state index >= 15 is 0 Å². The van der Waals surface area contributed by atoms with Crippen molar-refractivity contribution >= 4 is 21.4 Å². The van der Waals surface area contributed by atoms with Crippen molar-refractivity contribution in [1.82, 2.24) is 20.2 Å². The molecular weight excluding hydrogens is 366 g/mol. The van der Waals surface area contributed by atoms with Crippen LogP contribution in [0.25, 0.3) is 5.69 Å². The van der Waals surface area contributed by atoms with E-state index < -0.39 is 9.84 Å². The number of hydrogen-bond acceptors (Lipinski definition) is 6. The highest BCUT2D eigenvalue weighted by Crippen LogP contribution is 2.20. The third-order valence-electron chi connectivity index (χ3n) is 3.94. The van der Waals surface area contributed by atoms with Crippen molar-refractivity contribution in [3.8, 4) is 5.69 Å². The lowest BCUT2D eigenvalue weighted by Crippen LogP contribution is -2.13. The van der Waals surface area contributed by atoms with Crippen molar-refractivity contribution in [2.24, 2.45) is 0 Å². The molecule has 0 spiro atoms. The maximum atomic E-state index is 12.6. The molecule has 8 nitrogen and oxygen atoms in total. The minimum absolute atomic E-state index is 0.110. The van der Waals surface area contributed by atoms with Gasteiger partial charge in [0, 0.05) is 17.5 Å². The third kappa shape index (κ3) is 4.56. The first kappa shape index (κ1) is 18.7. The predicted octanol–water partition coefficient (Wildman–Crippen LogP) is 2.08. The maximum Gasteiger partial charge on any atom is 0.255 e. The zero-order valence-electron chi connectivity index (χ0n) is 15.2. The molecule has 0 radical (unpaired) electrons. The van der Waals surface area contributed by atoms with E-state index in [0.717, 1.165) is 17.5 Å². The van der Waals surface area contributed by atoms with E-state index in [2.05, 4.69) is 20.8 Å². The van der Waals surface area contributed by atoms with Gasteiger partial charge in [-0.3, -0.25) is 4.79 Å². The first-order chi connectivity index (χ1) is 12.7. The summed E-state index contributed by atoms with van der Waals surface area (Å²) < 4.78 is 24.5. The summed E-state index contributed by atoms with van der Waals surface area (Å²) in [6.07, 6.45) is 1.16. The summed E-state index contributed by atoms with van der Waals surface area (Å²) in [6.45, 7) is 3.72. The van der Waals surface area contributed by atoms with Gasteiger partial charge in [0.1, 0.15) is 0 Å². The van der Waals surface area contributed by atoms with Crippen LogP contribution in [0.15, 0.2) is 42.5 Å². The molecule has 1 heterocycles. The molecule has 0 atom stereocenters. The van der Waals surface area contributed by atoms with Gasteiger partial charge < -0.3 is 5.32 Å². The Labute approximate surface area is 157 Å². The molecule has 0 saturated carbocycles. The van der Waals surface area contributed by atoms with Gasteiger partial charge in [0.2, 0.25) is 0 Å². The summed E-state index contributed by atoms with van der Waals surface area (Å²) in [5.74, 6) is 0.199. The van der Waals surface area contributed by atoms with Crippen LogP contribution in [-0.2, 0) is 15.6 Å². The van der Waals surface area contributed by atoms with E-state index in [9.17, 15) is 13.2 Å². The Morgan fingerprint density at radius 2 is 1.93 bits per heavy atom.